The second-order valence-corrected chi connectivity index (χ2v) is 4.63. The number of carbonyl (C=O) groups excluding carboxylic acids is 1. The predicted molar refractivity (Wildman–Crippen MR) is 53.1 cm³/mol. The zero-order chi connectivity index (χ0) is 8.81. The Morgan fingerprint density at radius 1 is 1.17 bits per heavy atom. The van der Waals surface area contributed by atoms with Gasteiger partial charge in [-0.05, 0) is 18.6 Å². The van der Waals surface area contributed by atoms with Gasteiger partial charge in [0, 0.05) is 0 Å². The third-order valence-electron chi connectivity index (χ3n) is 2.25. The van der Waals surface area contributed by atoms with Crippen molar-refractivity contribution < 1.29 is 4.79 Å². The normalized spacial score (nSPS) is 26.8. The molecule has 1 fully saturated rings. The lowest BCUT2D eigenvalue weighted by Crippen LogP contribution is -2.25. The summed E-state index contributed by atoms with van der Waals surface area (Å²) >= 11 is 1.74. The van der Waals surface area contributed by atoms with Crippen molar-refractivity contribution >= 4 is 17.7 Å². The van der Waals surface area contributed by atoms with Crippen LogP contribution >= 0.6 is 11.8 Å². The van der Waals surface area contributed by atoms with E-state index in [0.717, 1.165) is 12.2 Å². The van der Waals surface area contributed by atoms with E-state index in [1.807, 2.05) is 0 Å². The van der Waals surface area contributed by atoms with Crippen molar-refractivity contribution in [3.05, 3.63) is 0 Å². The fourth-order valence-electron chi connectivity index (χ4n) is 1.50. The number of thioether (sulfide) groups is 1. The molecule has 70 valence electrons. The highest BCUT2D eigenvalue weighted by Gasteiger charge is 2.15. The third kappa shape index (κ3) is 3.48. The molecule has 0 aromatic carbocycles. The number of rotatable bonds is 1. The standard InChI is InChI=1S/C9H17NOS/c10-9(11)8-6-4-2-1-3-5-7-12-8/h8H,1-7H2,(H2,10,11). The Morgan fingerprint density at radius 3 is 2.58 bits per heavy atom. The molecular weight excluding hydrogens is 170 g/mol. The van der Waals surface area contributed by atoms with Gasteiger partial charge in [0.1, 0.15) is 0 Å². The lowest BCUT2D eigenvalue weighted by molar-refractivity contribution is -0.117. The summed E-state index contributed by atoms with van der Waals surface area (Å²) in [6.07, 6.45) is 7.31. The van der Waals surface area contributed by atoms with Crippen LogP contribution in [-0.2, 0) is 4.79 Å². The first kappa shape index (κ1) is 9.90. The van der Waals surface area contributed by atoms with Crippen molar-refractivity contribution in [2.45, 2.75) is 43.8 Å². The Kier molecular flexibility index (Phi) is 4.51. The summed E-state index contributed by atoms with van der Waals surface area (Å²) in [5, 5.41) is 0.0862. The van der Waals surface area contributed by atoms with E-state index < -0.39 is 0 Å². The smallest absolute Gasteiger partial charge is 0.230 e. The van der Waals surface area contributed by atoms with Crippen molar-refractivity contribution in [3.63, 3.8) is 0 Å². The molecule has 0 saturated carbocycles. The van der Waals surface area contributed by atoms with Crippen LogP contribution in [0.2, 0.25) is 0 Å². The van der Waals surface area contributed by atoms with Crippen LogP contribution in [0.15, 0.2) is 0 Å². The summed E-state index contributed by atoms with van der Waals surface area (Å²) < 4.78 is 0. The lowest BCUT2D eigenvalue weighted by atomic mass is 10.1. The molecule has 0 radical (unpaired) electrons. The molecule has 0 aromatic rings. The van der Waals surface area contributed by atoms with E-state index in [-0.39, 0.29) is 11.2 Å². The van der Waals surface area contributed by atoms with Gasteiger partial charge in [-0.3, -0.25) is 4.79 Å². The van der Waals surface area contributed by atoms with Crippen LogP contribution in [0, 0.1) is 0 Å². The molecule has 2 nitrogen and oxygen atoms in total. The molecule has 1 heterocycles. The third-order valence-corrected chi connectivity index (χ3v) is 3.64. The summed E-state index contributed by atoms with van der Waals surface area (Å²) in [6, 6.07) is 0. The van der Waals surface area contributed by atoms with E-state index in [1.165, 1.54) is 32.1 Å². The van der Waals surface area contributed by atoms with Gasteiger partial charge in [0.15, 0.2) is 0 Å². The maximum absolute atomic E-state index is 10.9. The van der Waals surface area contributed by atoms with Crippen LogP contribution in [0.5, 0.6) is 0 Å². The minimum atomic E-state index is -0.123. The van der Waals surface area contributed by atoms with E-state index >= 15 is 0 Å². The molecule has 2 N–H and O–H groups in total. The van der Waals surface area contributed by atoms with Gasteiger partial charge in [-0.2, -0.15) is 0 Å². The molecule has 0 bridgehead atoms. The molecule has 1 aliphatic rings. The monoisotopic (exact) mass is 187 g/mol. The number of hydrogen-bond donors (Lipinski definition) is 1. The van der Waals surface area contributed by atoms with Crippen LogP contribution in [0.3, 0.4) is 0 Å². The van der Waals surface area contributed by atoms with Crippen LogP contribution in [0.1, 0.15) is 38.5 Å². The number of amides is 1. The Hall–Kier alpha value is -0.180. The Balaban J connectivity index is 2.33. The second-order valence-electron chi connectivity index (χ2n) is 3.32. The highest BCUT2D eigenvalue weighted by atomic mass is 32.2. The first-order valence-electron chi connectivity index (χ1n) is 4.71. The highest BCUT2D eigenvalue weighted by Crippen LogP contribution is 2.22. The Morgan fingerprint density at radius 2 is 1.83 bits per heavy atom. The zero-order valence-corrected chi connectivity index (χ0v) is 8.24. The first-order chi connectivity index (χ1) is 5.80. The summed E-state index contributed by atoms with van der Waals surface area (Å²) in [5.74, 6) is 0.982. The molecule has 12 heavy (non-hydrogen) atoms. The van der Waals surface area contributed by atoms with E-state index in [1.54, 1.807) is 11.8 Å². The lowest BCUT2D eigenvalue weighted by Gasteiger charge is -2.10. The molecule has 1 atom stereocenters. The molecule has 0 aromatic heterocycles. The largest absolute Gasteiger partial charge is 0.369 e. The molecule has 1 aliphatic heterocycles. The van der Waals surface area contributed by atoms with Gasteiger partial charge in [0.25, 0.3) is 0 Å². The summed E-state index contributed by atoms with van der Waals surface area (Å²) in [5.41, 5.74) is 5.28. The van der Waals surface area contributed by atoms with Gasteiger partial charge in [-0.1, -0.05) is 25.7 Å². The molecule has 1 rings (SSSR count). The van der Waals surface area contributed by atoms with E-state index in [4.69, 9.17) is 5.73 Å². The summed E-state index contributed by atoms with van der Waals surface area (Å²) in [7, 11) is 0. The van der Waals surface area contributed by atoms with Crippen molar-refractivity contribution in [1.29, 1.82) is 0 Å². The predicted octanol–water partition coefficient (Wildman–Crippen LogP) is 1.93. The molecule has 3 heteroatoms. The quantitative estimate of drug-likeness (QED) is 0.681. The summed E-state index contributed by atoms with van der Waals surface area (Å²) in [4.78, 5) is 10.9. The molecule has 1 unspecified atom stereocenters. The molecule has 0 spiro atoms. The van der Waals surface area contributed by atoms with Crippen molar-refractivity contribution in [3.8, 4) is 0 Å². The second kappa shape index (κ2) is 5.46. The summed E-state index contributed by atoms with van der Waals surface area (Å²) in [6.45, 7) is 0. The van der Waals surface area contributed by atoms with Gasteiger partial charge >= 0.3 is 0 Å². The number of nitrogens with two attached hydrogens (primary N) is 1. The van der Waals surface area contributed by atoms with Crippen molar-refractivity contribution in [2.75, 3.05) is 5.75 Å². The van der Waals surface area contributed by atoms with E-state index in [9.17, 15) is 4.79 Å². The minimum Gasteiger partial charge on any atom is -0.369 e. The maximum atomic E-state index is 10.9. The average Bonchev–Trinajstić information content (AvgIpc) is 2.15. The van der Waals surface area contributed by atoms with Gasteiger partial charge in [-0.25, -0.2) is 0 Å². The molecule has 1 saturated heterocycles. The van der Waals surface area contributed by atoms with Crippen molar-refractivity contribution in [1.82, 2.24) is 0 Å². The Labute approximate surface area is 78.3 Å². The van der Waals surface area contributed by atoms with Gasteiger partial charge in [0.2, 0.25) is 5.91 Å². The van der Waals surface area contributed by atoms with Crippen LogP contribution < -0.4 is 5.73 Å². The average molecular weight is 187 g/mol. The number of carbonyl (C=O) groups is 1. The van der Waals surface area contributed by atoms with Crippen LogP contribution in [0.25, 0.3) is 0 Å². The number of hydrogen-bond acceptors (Lipinski definition) is 2. The van der Waals surface area contributed by atoms with Gasteiger partial charge < -0.3 is 5.73 Å². The van der Waals surface area contributed by atoms with E-state index in [2.05, 4.69) is 0 Å². The number of primary amides is 1. The fraction of sp³-hybridized carbons (Fsp3) is 0.889. The molecule has 1 amide bonds. The fourth-order valence-corrected chi connectivity index (χ4v) is 2.65. The van der Waals surface area contributed by atoms with Gasteiger partial charge in [0.05, 0.1) is 5.25 Å². The Bertz CT molecular complexity index is 139. The zero-order valence-electron chi connectivity index (χ0n) is 7.42. The van der Waals surface area contributed by atoms with Crippen molar-refractivity contribution in [2.24, 2.45) is 5.73 Å². The van der Waals surface area contributed by atoms with Crippen LogP contribution in [-0.4, -0.2) is 16.9 Å². The SMILES string of the molecule is NC(=O)C1CCCCCCCS1. The maximum Gasteiger partial charge on any atom is 0.230 e. The molecule has 0 aliphatic carbocycles. The first-order valence-corrected chi connectivity index (χ1v) is 5.76. The van der Waals surface area contributed by atoms with E-state index in [0.29, 0.717) is 0 Å². The topological polar surface area (TPSA) is 43.1 Å². The van der Waals surface area contributed by atoms with Crippen LogP contribution in [0.4, 0.5) is 0 Å². The molecular formula is C9H17NOS. The van der Waals surface area contributed by atoms with Gasteiger partial charge in [-0.15, -0.1) is 11.8 Å². The minimum absolute atomic E-state index is 0.0862. The highest BCUT2D eigenvalue weighted by molar-refractivity contribution is 8.00.